The van der Waals surface area contributed by atoms with Crippen molar-refractivity contribution in [3.63, 3.8) is 0 Å². The summed E-state index contributed by atoms with van der Waals surface area (Å²) in [5, 5.41) is 10.6. The number of nitrogens with zero attached hydrogens (tertiary/aromatic N) is 3. The van der Waals surface area contributed by atoms with E-state index in [0.717, 1.165) is 25.9 Å². The molecule has 1 aliphatic rings. The number of piperidine rings is 1. The molecule has 1 aliphatic heterocycles. The molecule has 0 unspecified atom stereocenters. The molecule has 0 atom stereocenters. The van der Waals surface area contributed by atoms with Crippen LogP contribution in [0.15, 0.2) is 48.8 Å². The lowest BCUT2D eigenvalue weighted by Gasteiger charge is -2.33. The van der Waals surface area contributed by atoms with Crippen LogP contribution in [0.1, 0.15) is 12.8 Å². The van der Waals surface area contributed by atoms with E-state index < -0.39 is 4.92 Å². The Bertz CT molecular complexity index is 638. The van der Waals surface area contributed by atoms with E-state index in [4.69, 9.17) is 4.74 Å². The molecule has 23 heavy (non-hydrogen) atoms. The van der Waals surface area contributed by atoms with E-state index in [0.29, 0.717) is 18.3 Å². The molecular weight excluding hydrogens is 294 g/mol. The highest BCUT2D eigenvalue weighted by Gasteiger charge is 2.20. The van der Waals surface area contributed by atoms with E-state index in [1.165, 1.54) is 17.8 Å². The smallest absolute Gasteiger partial charge is 0.269 e. The average molecular weight is 313 g/mol. The van der Waals surface area contributed by atoms with Gasteiger partial charge in [0.25, 0.3) is 5.69 Å². The molecule has 6 heteroatoms. The van der Waals surface area contributed by atoms with E-state index >= 15 is 0 Å². The SMILES string of the molecule is O=[N+]([O-])c1ccc(OCC2CCN(c3ccncc3)CC2)cc1. The number of nitro groups is 1. The Morgan fingerprint density at radius 2 is 1.78 bits per heavy atom. The standard InChI is InChI=1S/C17H19N3O3/c21-20(22)16-1-3-17(4-2-16)23-13-14-7-11-19(12-8-14)15-5-9-18-10-6-15/h1-6,9-10,14H,7-8,11-13H2. The zero-order chi connectivity index (χ0) is 16.1. The minimum atomic E-state index is -0.404. The van der Waals surface area contributed by atoms with Gasteiger partial charge in [-0.2, -0.15) is 0 Å². The van der Waals surface area contributed by atoms with Crippen LogP contribution in [-0.2, 0) is 0 Å². The van der Waals surface area contributed by atoms with Crippen molar-refractivity contribution in [1.29, 1.82) is 0 Å². The Kier molecular flexibility index (Phi) is 4.71. The number of benzene rings is 1. The van der Waals surface area contributed by atoms with Gasteiger partial charge < -0.3 is 9.64 Å². The Labute approximate surface area is 134 Å². The molecule has 0 amide bonds. The lowest BCUT2D eigenvalue weighted by atomic mass is 9.97. The number of pyridine rings is 1. The van der Waals surface area contributed by atoms with Gasteiger partial charge in [0.1, 0.15) is 5.75 Å². The summed E-state index contributed by atoms with van der Waals surface area (Å²) in [6.45, 7) is 2.68. The van der Waals surface area contributed by atoms with Gasteiger partial charge in [0.05, 0.1) is 11.5 Å². The Morgan fingerprint density at radius 1 is 1.13 bits per heavy atom. The lowest BCUT2D eigenvalue weighted by molar-refractivity contribution is -0.384. The molecule has 0 spiro atoms. The van der Waals surface area contributed by atoms with Crippen LogP contribution in [0.25, 0.3) is 0 Å². The summed E-state index contributed by atoms with van der Waals surface area (Å²) in [5.74, 6) is 1.20. The van der Waals surface area contributed by atoms with Crippen LogP contribution in [0.5, 0.6) is 5.75 Å². The molecule has 1 aromatic heterocycles. The molecule has 0 saturated carbocycles. The van der Waals surface area contributed by atoms with Crippen LogP contribution in [0.3, 0.4) is 0 Å². The van der Waals surface area contributed by atoms with Crippen LogP contribution in [0.4, 0.5) is 11.4 Å². The molecule has 2 heterocycles. The summed E-state index contributed by atoms with van der Waals surface area (Å²) >= 11 is 0. The van der Waals surface area contributed by atoms with E-state index in [1.807, 2.05) is 24.5 Å². The fourth-order valence-electron chi connectivity index (χ4n) is 2.79. The first-order valence-electron chi connectivity index (χ1n) is 7.74. The average Bonchev–Trinajstić information content (AvgIpc) is 2.61. The van der Waals surface area contributed by atoms with Gasteiger partial charge in [0.2, 0.25) is 0 Å². The zero-order valence-electron chi connectivity index (χ0n) is 12.8. The number of ether oxygens (including phenoxy) is 1. The summed E-state index contributed by atoms with van der Waals surface area (Å²) in [5.41, 5.74) is 1.30. The van der Waals surface area contributed by atoms with Crippen molar-refractivity contribution in [1.82, 2.24) is 4.98 Å². The van der Waals surface area contributed by atoms with Gasteiger partial charge in [0.15, 0.2) is 0 Å². The largest absolute Gasteiger partial charge is 0.493 e. The minimum absolute atomic E-state index is 0.0861. The van der Waals surface area contributed by atoms with Crippen molar-refractivity contribution in [3.05, 3.63) is 58.9 Å². The maximum Gasteiger partial charge on any atom is 0.269 e. The third-order valence-electron chi connectivity index (χ3n) is 4.18. The number of hydrogen-bond donors (Lipinski definition) is 0. The van der Waals surface area contributed by atoms with E-state index in [2.05, 4.69) is 9.88 Å². The van der Waals surface area contributed by atoms with Gasteiger partial charge in [-0.25, -0.2) is 0 Å². The highest BCUT2D eigenvalue weighted by atomic mass is 16.6. The molecule has 0 bridgehead atoms. The molecule has 3 rings (SSSR count). The first-order valence-corrected chi connectivity index (χ1v) is 7.74. The van der Waals surface area contributed by atoms with Gasteiger partial charge in [-0.05, 0) is 43.0 Å². The first kappa shape index (κ1) is 15.3. The van der Waals surface area contributed by atoms with Crippen molar-refractivity contribution < 1.29 is 9.66 Å². The maximum atomic E-state index is 10.6. The fourth-order valence-corrected chi connectivity index (χ4v) is 2.79. The van der Waals surface area contributed by atoms with Crippen LogP contribution < -0.4 is 9.64 Å². The predicted molar refractivity (Wildman–Crippen MR) is 87.8 cm³/mol. The number of nitro benzene ring substituents is 1. The second-order valence-electron chi connectivity index (χ2n) is 5.70. The number of rotatable bonds is 5. The predicted octanol–water partition coefficient (Wildman–Crippen LogP) is 3.29. The van der Waals surface area contributed by atoms with Crippen molar-refractivity contribution in [2.45, 2.75) is 12.8 Å². The Morgan fingerprint density at radius 3 is 2.39 bits per heavy atom. The number of non-ortho nitro benzene ring substituents is 1. The van der Waals surface area contributed by atoms with Crippen molar-refractivity contribution in [2.24, 2.45) is 5.92 Å². The van der Waals surface area contributed by atoms with E-state index in [9.17, 15) is 10.1 Å². The van der Waals surface area contributed by atoms with E-state index in [-0.39, 0.29) is 5.69 Å². The summed E-state index contributed by atoms with van der Waals surface area (Å²) in [6, 6.07) is 10.3. The fraction of sp³-hybridized carbons (Fsp3) is 0.353. The zero-order valence-corrected chi connectivity index (χ0v) is 12.8. The molecule has 1 aromatic carbocycles. The quantitative estimate of drug-likeness (QED) is 0.626. The van der Waals surface area contributed by atoms with Crippen molar-refractivity contribution >= 4 is 11.4 Å². The molecule has 2 aromatic rings. The molecular formula is C17H19N3O3. The Hall–Kier alpha value is -2.63. The number of hydrogen-bond acceptors (Lipinski definition) is 5. The molecule has 0 N–H and O–H groups in total. The van der Waals surface area contributed by atoms with Crippen LogP contribution in [0.2, 0.25) is 0 Å². The first-order chi connectivity index (χ1) is 11.2. The third-order valence-corrected chi connectivity index (χ3v) is 4.18. The summed E-state index contributed by atoms with van der Waals surface area (Å²) in [7, 11) is 0. The highest BCUT2D eigenvalue weighted by molar-refractivity contribution is 5.44. The van der Waals surface area contributed by atoms with Crippen molar-refractivity contribution in [2.75, 3.05) is 24.6 Å². The monoisotopic (exact) mass is 313 g/mol. The topological polar surface area (TPSA) is 68.5 Å². The third kappa shape index (κ3) is 3.97. The van der Waals surface area contributed by atoms with Crippen molar-refractivity contribution in [3.8, 4) is 5.75 Å². The van der Waals surface area contributed by atoms with Crippen LogP contribution in [0, 0.1) is 16.0 Å². The van der Waals surface area contributed by atoms with Gasteiger partial charge in [0, 0.05) is 43.3 Å². The molecule has 1 saturated heterocycles. The molecule has 120 valence electrons. The second kappa shape index (κ2) is 7.09. The molecule has 6 nitrogen and oxygen atoms in total. The molecule has 0 radical (unpaired) electrons. The molecule has 0 aliphatic carbocycles. The number of aromatic nitrogens is 1. The minimum Gasteiger partial charge on any atom is -0.493 e. The summed E-state index contributed by atoms with van der Waals surface area (Å²) in [6.07, 6.45) is 5.79. The normalized spacial score (nSPS) is 15.4. The van der Waals surface area contributed by atoms with Gasteiger partial charge in [-0.3, -0.25) is 15.1 Å². The molecule has 1 fully saturated rings. The highest BCUT2D eigenvalue weighted by Crippen LogP contribution is 2.24. The van der Waals surface area contributed by atoms with Gasteiger partial charge in [-0.15, -0.1) is 0 Å². The maximum absolute atomic E-state index is 10.6. The Balaban J connectivity index is 1.46. The second-order valence-corrected chi connectivity index (χ2v) is 5.70. The summed E-state index contributed by atoms with van der Waals surface area (Å²) < 4.78 is 5.77. The van der Waals surface area contributed by atoms with Crippen LogP contribution in [-0.4, -0.2) is 29.6 Å². The summed E-state index contributed by atoms with van der Waals surface area (Å²) in [4.78, 5) is 16.6. The van der Waals surface area contributed by atoms with Gasteiger partial charge >= 0.3 is 0 Å². The lowest BCUT2D eigenvalue weighted by Crippen LogP contribution is -2.35. The van der Waals surface area contributed by atoms with E-state index in [1.54, 1.807) is 12.1 Å². The van der Waals surface area contributed by atoms with Crippen LogP contribution >= 0.6 is 0 Å². The van der Waals surface area contributed by atoms with Gasteiger partial charge in [-0.1, -0.05) is 0 Å². The number of anilines is 1.